The highest BCUT2D eigenvalue weighted by molar-refractivity contribution is 5.73. The van der Waals surface area contributed by atoms with Gasteiger partial charge >= 0.3 is 18.1 Å². The van der Waals surface area contributed by atoms with Crippen molar-refractivity contribution in [2.75, 3.05) is 19.8 Å². The summed E-state index contributed by atoms with van der Waals surface area (Å²) in [6.45, 7) is 1.81. The second-order valence-corrected chi connectivity index (χ2v) is 10.5. The molecule has 1 fully saturated rings. The Hall–Kier alpha value is -2.93. The van der Waals surface area contributed by atoms with Gasteiger partial charge in [-0.05, 0) is 63.3 Å². The fourth-order valence-corrected chi connectivity index (χ4v) is 4.54. The molecule has 0 radical (unpaired) electrons. The zero-order valence-corrected chi connectivity index (χ0v) is 23.8. The van der Waals surface area contributed by atoms with Crippen molar-refractivity contribution in [1.82, 2.24) is 0 Å². The number of aliphatic hydroxyl groups excluding tert-OH is 4. The minimum absolute atomic E-state index is 0.114. The van der Waals surface area contributed by atoms with E-state index >= 15 is 0 Å². The average molecular weight is 603 g/mol. The van der Waals surface area contributed by atoms with Gasteiger partial charge in [-0.15, -0.1) is 0 Å². The monoisotopic (exact) mass is 602 g/mol. The molecule has 4 N–H and O–H groups in total. The van der Waals surface area contributed by atoms with Gasteiger partial charge in [0.25, 0.3) is 0 Å². The fraction of sp³-hybridized carbons (Fsp3) is 0.600. The van der Waals surface area contributed by atoms with Gasteiger partial charge in [0.05, 0.1) is 37.1 Å². The first-order valence-electron chi connectivity index (χ1n) is 14.0. The molecule has 1 saturated carbocycles. The Labute approximate surface area is 243 Å². The van der Waals surface area contributed by atoms with Crippen molar-refractivity contribution in [2.45, 2.75) is 76.5 Å². The van der Waals surface area contributed by atoms with Gasteiger partial charge in [0, 0.05) is 18.8 Å². The number of halogens is 3. The number of esters is 2. The molecule has 0 spiro atoms. The maximum atomic E-state index is 13.1. The molecule has 0 unspecified atom stereocenters. The molecule has 1 aliphatic rings. The summed E-state index contributed by atoms with van der Waals surface area (Å²) in [5, 5.41) is 39.7. The van der Waals surface area contributed by atoms with Gasteiger partial charge in [0.15, 0.2) is 6.10 Å². The van der Waals surface area contributed by atoms with E-state index in [0.717, 1.165) is 12.1 Å². The molecule has 9 nitrogen and oxygen atoms in total. The Balaban J connectivity index is 2.08. The normalized spacial score (nSPS) is 21.9. The first-order chi connectivity index (χ1) is 19.8. The summed E-state index contributed by atoms with van der Waals surface area (Å²) in [6.07, 6.45) is 1.19. The summed E-state index contributed by atoms with van der Waals surface area (Å²) in [5.74, 6) is -3.45. The molecule has 0 aromatic heterocycles. The predicted octanol–water partition coefficient (Wildman–Crippen LogP) is 3.58. The smallest absolute Gasteiger partial charge is 0.416 e. The van der Waals surface area contributed by atoms with Crippen LogP contribution < -0.4 is 4.74 Å². The molecule has 2 rings (SSSR count). The van der Waals surface area contributed by atoms with Crippen molar-refractivity contribution in [3.05, 3.63) is 54.1 Å². The average Bonchev–Trinajstić information content (AvgIpc) is 3.19. The molecule has 1 aliphatic carbocycles. The summed E-state index contributed by atoms with van der Waals surface area (Å²) in [4.78, 5) is 24.0. The van der Waals surface area contributed by atoms with Gasteiger partial charge in [-0.2, -0.15) is 13.2 Å². The topological polar surface area (TPSA) is 143 Å². The van der Waals surface area contributed by atoms with Crippen molar-refractivity contribution >= 4 is 11.9 Å². The number of carbonyl (C=O) groups is 2. The van der Waals surface area contributed by atoms with Gasteiger partial charge < -0.3 is 34.6 Å². The van der Waals surface area contributed by atoms with E-state index in [1.165, 1.54) is 18.2 Å². The summed E-state index contributed by atoms with van der Waals surface area (Å²) in [5.41, 5.74) is -0.917. The van der Waals surface area contributed by atoms with Crippen molar-refractivity contribution in [1.29, 1.82) is 0 Å². The molecule has 1 aromatic rings. The lowest BCUT2D eigenvalue weighted by Gasteiger charge is -2.22. The van der Waals surface area contributed by atoms with Crippen LogP contribution in [-0.4, -0.2) is 76.6 Å². The Morgan fingerprint density at radius 2 is 1.79 bits per heavy atom. The van der Waals surface area contributed by atoms with E-state index in [4.69, 9.17) is 14.2 Å². The Bertz CT molecular complexity index is 1040. The van der Waals surface area contributed by atoms with Crippen LogP contribution in [0.1, 0.15) is 51.5 Å². The third-order valence-corrected chi connectivity index (χ3v) is 6.77. The second-order valence-electron chi connectivity index (χ2n) is 10.5. The van der Waals surface area contributed by atoms with Crippen LogP contribution in [0, 0.1) is 17.8 Å². The summed E-state index contributed by atoms with van der Waals surface area (Å²) < 4.78 is 55.1. The maximum absolute atomic E-state index is 13.1. The van der Waals surface area contributed by atoms with Gasteiger partial charge in [-0.3, -0.25) is 9.59 Å². The van der Waals surface area contributed by atoms with Crippen molar-refractivity contribution in [2.24, 2.45) is 17.8 Å². The minimum atomic E-state index is -4.58. The largest absolute Gasteiger partial charge is 0.489 e. The van der Waals surface area contributed by atoms with E-state index < -0.39 is 61.1 Å². The van der Waals surface area contributed by atoms with E-state index in [1.54, 1.807) is 19.9 Å². The minimum Gasteiger partial charge on any atom is -0.489 e. The lowest BCUT2D eigenvalue weighted by atomic mass is 9.89. The van der Waals surface area contributed by atoms with E-state index in [2.05, 4.69) is 0 Å². The zero-order chi connectivity index (χ0) is 31.3. The molecule has 1 aromatic carbocycles. The Morgan fingerprint density at radius 3 is 2.43 bits per heavy atom. The van der Waals surface area contributed by atoms with Crippen LogP contribution >= 0.6 is 0 Å². The summed E-state index contributed by atoms with van der Waals surface area (Å²) in [7, 11) is 0. The number of aliphatic hydroxyl groups is 4. The van der Waals surface area contributed by atoms with E-state index in [9.17, 15) is 43.2 Å². The molecule has 236 valence electrons. The Kier molecular flexibility index (Phi) is 14.5. The van der Waals surface area contributed by atoms with Crippen molar-refractivity contribution in [3.8, 4) is 5.75 Å². The van der Waals surface area contributed by atoms with Crippen LogP contribution in [-0.2, 0) is 25.2 Å². The molecule has 42 heavy (non-hydrogen) atoms. The SMILES string of the molecule is CC(C)OC(=O)CCC/C=C\C[C@@H]1[C@@H](/C=C/[C@H](COc2cccc(C(F)(F)F)c2)OC(=O)C(CO)CO)[C@H](O)C[C@@H]1O. The first kappa shape index (κ1) is 35.3. The number of allylic oxidation sites excluding steroid dienone is 2. The van der Waals surface area contributed by atoms with Crippen molar-refractivity contribution < 1.29 is 57.4 Å². The highest BCUT2D eigenvalue weighted by Crippen LogP contribution is 2.36. The number of unbranched alkanes of at least 4 members (excludes halogenated alkanes) is 1. The molecule has 0 bridgehead atoms. The van der Waals surface area contributed by atoms with Crippen LogP contribution in [0.15, 0.2) is 48.6 Å². The van der Waals surface area contributed by atoms with Gasteiger partial charge in [0.1, 0.15) is 18.3 Å². The third kappa shape index (κ3) is 11.7. The molecule has 0 heterocycles. The third-order valence-electron chi connectivity index (χ3n) is 6.77. The number of hydrogen-bond acceptors (Lipinski definition) is 9. The van der Waals surface area contributed by atoms with Crippen LogP contribution in [0.2, 0.25) is 0 Å². The van der Waals surface area contributed by atoms with Crippen LogP contribution in [0.3, 0.4) is 0 Å². The number of ether oxygens (including phenoxy) is 3. The quantitative estimate of drug-likeness (QED) is 0.127. The molecule has 5 atom stereocenters. The summed E-state index contributed by atoms with van der Waals surface area (Å²) >= 11 is 0. The fourth-order valence-electron chi connectivity index (χ4n) is 4.54. The van der Waals surface area contributed by atoms with Crippen LogP contribution in [0.4, 0.5) is 13.2 Å². The van der Waals surface area contributed by atoms with Gasteiger partial charge in [-0.25, -0.2) is 0 Å². The Morgan fingerprint density at radius 1 is 1.07 bits per heavy atom. The predicted molar refractivity (Wildman–Crippen MR) is 146 cm³/mol. The molecule has 12 heteroatoms. The van der Waals surface area contributed by atoms with Gasteiger partial charge in [-0.1, -0.05) is 24.3 Å². The van der Waals surface area contributed by atoms with E-state index in [0.29, 0.717) is 19.3 Å². The van der Waals surface area contributed by atoms with Gasteiger partial charge in [0.2, 0.25) is 0 Å². The maximum Gasteiger partial charge on any atom is 0.416 e. The number of rotatable bonds is 16. The number of benzene rings is 1. The van der Waals surface area contributed by atoms with Crippen LogP contribution in [0.5, 0.6) is 5.75 Å². The number of alkyl halides is 3. The highest BCUT2D eigenvalue weighted by atomic mass is 19.4. The molecule has 0 aliphatic heterocycles. The van der Waals surface area contributed by atoms with E-state index in [1.807, 2.05) is 12.2 Å². The standard InChI is InChI=1S/C30H41F3O9/c1-19(2)41-28(38)11-6-4-3-5-10-24-25(27(37)15-26(24)36)13-12-23(42-29(39)20(16-34)17-35)18-40-22-9-7-8-21(14-22)30(31,32)33/h3,5,7-9,12-14,19-20,23-27,34-37H,4,6,10-11,15-18H2,1-2H3/b5-3-,13-12+/t23-,24-,25-,26+,27-/m1/s1. The lowest BCUT2D eigenvalue weighted by Crippen LogP contribution is -2.31. The lowest BCUT2D eigenvalue weighted by molar-refractivity contribution is -0.156. The first-order valence-corrected chi connectivity index (χ1v) is 14.0. The summed E-state index contributed by atoms with van der Waals surface area (Å²) in [6, 6.07) is 4.18. The van der Waals surface area contributed by atoms with Crippen molar-refractivity contribution in [3.63, 3.8) is 0 Å². The zero-order valence-electron chi connectivity index (χ0n) is 23.8. The number of hydrogen-bond donors (Lipinski definition) is 4. The van der Waals surface area contributed by atoms with E-state index in [-0.39, 0.29) is 43.2 Å². The molecular formula is C30H41F3O9. The molecule has 0 saturated heterocycles. The van der Waals surface area contributed by atoms with Crippen LogP contribution in [0.25, 0.3) is 0 Å². The highest BCUT2D eigenvalue weighted by Gasteiger charge is 2.39. The molecule has 0 amide bonds. The number of carbonyl (C=O) groups excluding carboxylic acids is 2. The second kappa shape index (κ2) is 17.3. The molecular weight excluding hydrogens is 561 g/mol.